The second-order valence-electron chi connectivity index (χ2n) is 5.80. The van der Waals surface area contributed by atoms with Crippen LogP contribution in [0.3, 0.4) is 0 Å². The van der Waals surface area contributed by atoms with Gasteiger partial charge in [0.05, 0.1) is 17.3 Å². The molecule has 0 spiro atoms. The van der Waals surface area contributed by atoms with E-state index in [4.69, 9.17) is 9.84 Å². The van der Waals surface area contributed by atoms with Gasteiger partial charge < -0.3 is 14.7 Å². The number of hydrogen-bond acceptors (Lipinski definition) is 5. The summed E-state index contributed by atoms with van der Waals surface area (Å²) < 4.78 is 4.93. The molecular weight excluding hydrogens is 292 g/mol. The van der Waals surface area contributed by atoms with Crippen molar-refractivity contribution in [3.8, 4) is 0 Å². The lowest BCUT2D eigenvalue weighted by Gasteiger charge is -2.19. The topological polar surface area (TPSA) is 79.7 Å². The van der Waals surface area contributed by atoms with Gasteiger partial charge in [-0.05, 0) is 6.92 Å². The predicted molar refractivity (Wildman–Crippen MR) is 81.0 cm³/mol. The minimum absolute atomic E-state index is 0.141. The van der Waals surface area contributed by atoms with E-state index < -0.39 is 5.97 Å². The molecule has 6 nitrogen and oxygen atoms in total. The summed E-state index contributed by atoms with van der Waals surface area (Å²) in [7, 11) is 1.51. The zero-order chi connectivity index (χ0) is 16.2. The average Bonchev–Trinajstić information content (AvgIpc) is 2.75. The largest absolute Gasteiger partial charge is 0.480 e. The van der Waals surface area contributed by atoms with E-state index in [1.165, 1.54) is 23.3 Å². The quantitative estimate of drug-likeness (QED) is 0.868. The zero-order valence-electron chi connectivity index (χ0n) is 13.1. The van der Waals surface area contributed by atoms with Crippen LogP contribution < -0.4 is 0 Å². The molecule has 0 aliphatic heterocycles. The number of methoxy groups -OCH3 is 1. The molecule has 1 aromatic rings. The second-order valence-corrected chi connectivity index (χ2v) is 6.80. The fourth-order valence-corrected chi connectivity index (χ4v) is 2.77. The van der Waals surface area contributed by atoms with Crippen molar-refractivity contribution in [3.63, 3.8) is 0 Å². The number of aliphatic carboxylic acids is 1. The number of nitrogens with zero attached hydrogens (tertiary/aromatic N) is 2. The van der Waals surface area contributed by atoms with Crippen molar-refractivity contribution in [1.82, 2.24) is 9.88 Å². The molecule has 118 valence electrons. The first-order chi connectivity index (χ1) is 9.66. The van der Waals surface area contributed by atoms with Gasteiger partial charge in [-0.3, -0.25) is 9.59 Å². The fraction of sp³-hybridized carbons (Fsp3) is 0.643. The summed E-state index contributed by atoms with van der Waals surface area (Å²) in [6.45, 7) is 8.05. The molecule has 0 bridgehead atoms. The van der Waals surface area contributed by atoms with Crippen molar-refractivity contribution in [2.75, 3.05) is 26.8 Å². The first kappa shape index (κ1) is 17.6. The molecule has 0 atom stereocenters. The molecule has 7 heteroatoms. The maximum absolute atomic E-state index is 12.5. The molecule has 0 unspecified atom stereocenters. The van der Waals surface area contributed by atoms with E-state index in [0.29, 0.717) is 17.2 Å². The van der Waals surface area contributed by atoms with Crippen LogP contribution in [0.1, 0.15) is 41.1 Å². The number of carboxylic acids is 1. The number of carbonyl (C=O) groups excluding carboxylic acids is 1. The Morgan fingerprint density at radius 3 is 2.43 bits per heavy atom. The van der Waals surface area contributed by atoms with Crippen molar-refractivity contribution in [3.05, 3.63) is 15.6 Å². The van der Waals surface area contributed by atoms with Crippen LogP contribution in [-0.4, -0.2) is 53.7 Å². The molecular formula is C14H22N2O4S. The molecule has 1 rings (SSSR count). The molecule has 21 heavy (non-hydrogen) atoms. The third kappa shape index (κ3) is 4.78. The summed E-state index contributed by atoms with van der Waals surface area (Å²) in [5.74, 6) is -1.35. The van der Waals surface area contributed by atoms with E-state index in [9.17, 15) is 9.59 Å². The SMILES string of the molecule is COCCN(CC(=O)O)C(=O)c1sc(C(C)(C)C)nc1C. The van der Waals surface area contributed by atoms with Crippen LogP contribution in [0.2, 0.25) is 0 Å². The Balaban J connectivity index is 3.02. The number of carbonyl (C=O) groups is 2. The van der Waals surface area contributed by atoms with Gasteiger partial charge in [0.1, 0.15) is 11.4 Å². The summed E-state index contributed by atoms with van der Waals surface area (Å²) in [6, 6.07) is 0. The van der Waals surface area contributed by atoms with Gasteiger partial charge in [0, 0.05) is 19.1 Å². The fourth-order valence-electron chi connectivity index (χ4n) is 1.68. The number of thiazole rings is 1. The molecule has 0 aromatic carbocycles. The molecule has 0 fully saturated rings. The number of amides is 1. The number of carboxylic acid groups (broad SMARTS) is 1. The van der Waals surface area contributed by atoms with E-state index in [1.807, 2.05) is 20.8 Å². The van der Waals surface area contributed by atoms with Gasteiger partial charge >= 0.3 is 5.97 Å². The molecule has 1 amide bonds. The van der Waals surface area contributed by atoms with Gasteiger partial charge in [-0.25, -0.2) is 4.98 Å². The number of hydrogen-bond donors (Lipinski definition) is 1. The highest BCUT2D eigenvalue weighted by Crippen LogP contribution is 2.29. The minimum Gasteiger partial charge on any atom is -0.480 e. The Kier molecular flexibility index (Phi) is 5.86. The first-order valence-electron chi connectivity index (χ1n) is 6.64. The monoisotopic (exact) mass is 314 g/mol. The van der Waals surface area contributed by atoms with Crippen molar-refractivity contribution in [1.29, 1.82) is 0 Å². The number of ether oxygens (including phenoxy) is 1. The Bertz CT molecular complexity index is 520. The molecule has 0 radical (unpaired) electrons. The molecule has 1 N–H and O–H groups in total. The van der Waals surface area contributed by atoms with Gasteiger partial charge in [0.2, 0.25) is 0 Å². The summed E-state index contributed by atoms with van der Waals surface area (Å²) in [5, 5.41) is 9.80. The second kappa shape index (κ2) is 7.00. The normalized spacial score (nSPS) is 11.5. The molecule has 0 saturated heterocycles. The highest BCUT2D eigenvalue weighted by atomic mass is 32.1. The molecule has 1 heterocycles. The summed E-state index contributed by atoms with van der Waals surface area (Å²) in [5.41, 5.74) is 0.501. The Morgan fingerprint density at radius 1 is 1.38 bits per heavy atom. The van der Waals surface area contributed by atoms with Gasteiger partial charge in [0.25, 0.3) is 5.91 Å². The van der Waals surface area contributed by atoms with Crippen LogP contribution in [0.25, 0.3) is 0 Å². The van der Waals surface area contributed by atoms with E-state index >= 15 is 0 Å². The molecule has 0 aliphatic rings. The van der Waals surface area contributed by atoms with Crippen molar-refractivity contribution in [2.45, 2.75) is 33.1 Å². The summed E-state index contributed by atoms with van der Waals surface area (Å²) in [6.07, 6.45) is 0. The van der Waals surface area contributed by atoms with Crippen LogP contribution in [0.15, 0.2) is 0 Å². The van der Waals surface area contributed by atoms with Crippen LogP contribution in [0.5, 0.6) is 0 Å². The maximum atomic E-state index is 12.5. The standard InChI is InChI=1S/C14H22N2O4S/c1-9-11(21-13(15-9)14(2,3)4)12(19)16(6-7-20-5)8-10(17)18/h6-8H2,1-5H3,(H,17,18). The van der Waals surface area contributed by atoms with E-state index in [2.05, 4.69) is 4.98 Å². The van der Waals surface area contributed by atoms with Crippen LogP contribution >= 0.6 is 11.3 Å². The Labute approximate surface area is 128 Å². The number of rotatable bonds is 6. The zero-order valence-corrected chi connectivity index (χ0v) is 13.9. The van der Waals surface area contributed by atoms with Crippen molar-refractivity contribution >= 4 is 23.2 Å². The number of aromatic nitrogens is 1. The molecule has 1 aromatic heterocycles. The lowest BCUT2D eigenvalue weighted by atomic mass is 9.98. The van der Waals surface area contributed by atoms with E-state index in [-0.39, 0.29) is 24.4 Å². The minimum atomic E-state index is -1.04. The summed E-state index contributed by atoms with van der Waals surface area (Å²) in [4.78, 5) is 29.6. The smallest absolute Gasteiger partial charge is 0.323 e. The van der Waals surface area contributed by atoms with Crippen LogP contribution in [-0.2, 0) is 14.9 Å². The Morgan fingerprint density at radius 2 is 2.00 bits per heavy atom. The Hall–Kier alpha value is -1.47. The lowest BCUT2D eigenvalue weighted by molar-refractivity contribution is -0.137. The van der Waals surface area contributed by atoms with Crippen molar-refractivity contribution < 1.29 is 19.4 Å². The van der Waals surface area contributed by atoms with E-state index in [0.717, 1.165) is 5.01 Å². The third-order valence-electron chi connectivity index (χ3n) is 2.81. The van der Waals surface area contributed by atoms with Crippen LogP contribution in [0.4, 0.5) is 0 Å². The number of aryl methyl sites for hydroxylation is 1. The highest BCUT2D eigenvalue weighted by Gasteiger charge is 2.26. The van der Waals surface area contributed by atoms with Gasteiger partial charge in [-0.2, -0.15) is 0 Å². The van der Waals surface area contributed by atoms with E-state index in [1.54, 1.807) is 6.92 Å². The van der Waals surface area contributed by atoms with Gasteiger partial charge in [-0.15, -0.1) is 11.3 Å². The predicted octanol–water partition coefficient (Wildman–Crippen LogP) is 1.92. The highest BCUT2D eigenvalue weighted by molar-refractivity contribution is 7.14. The third-order valence-corrected chi connectivity index (χ3v) is 4.38. The van der Waals surface area contributed by atoms with Gasteiger partial charge in [-0.1, -0.05) is 20.8 Å². The summed E-state index contributed by atoms with van der Waals surface area (Å²) >= 11 is 1.33. The molecule has 0 aliphatic carbocycles. The molecule has 0 saturated carbocycles. The first-order valence-corrected chi connectivity index (χ1v) is 7.46. The lowest BCUT2D eigenvalue weighted by Crippen LogP contribution is -2.37. The van der Waals surface area contributed by atoms with Gasteiger partial charge in [0.15, 0.2) is 0 Å². The van der Waals surface area contributed by atoms with Crippen LogP contribution in [0, 0.1) is 6.92 Å². The average molecular weight is 314 g/mol. The van der Waals surface area contributed by atoms with Crippen molar-refractivity contribution in [2.24, 2.45) is 0 Å². The maximum Gasteiger partial charge on any atom is 0.323 e.